The Morgan fingerprint density at radius 3 is 2.76 bits per heavy atom. The summed E-state index contributed by atoms with van der Waals surface area (Å²) in [7, 11) is 1.57. The highest BCUT2D eigenvalue weighted by Crippen LogP contribution is 2.36. The van der Waals surface area contributed by atoms with Gasteiger partial charge >= 0.3 is 0 Å². The summed E-state index contributed by atoms with van der Waals surface area (Å²) in [4.78, 5) is 12.8. The molecular formula is C16H23ClN2O2. The van der Waals surface area contributed by atoms with Crippen LogP contribution in [-0.2, 0) is 4.79 Å². The third kappa shape index (κ3) is 3.69. The number of anilines is 1. The van der Waals surface area contributed by atoms with E-state index in [0.717, 1.165) is 44.5 Å². The highest BCUT2D eigenvalue weighted by Gasteiger charge is 2.38. The van der Waals surface area contributed by atoms with Crippen LogP contribution in [0, 0.1) is 5.41 Å². The van der Waals surface area contributed by atoms with Gasteiger partial charge in [-0.25, -0.2) is 0 Å². The lowest BCUT2D eigenvalue weighted by molar-refractivity contribution is -0.127. The molecule has 1 fully saturated rings. The molecule has 0 bridgehead atoms. The highest BCUT2D eigenvalue weighted by atomic mass is 35.5. The molecular weight excluding hydrogens is 288 g/mol. The largest absolute Gasteiger partial charge is 0.495 e. The molecule has 1 aliphatic rings. The van der Waals surface area contributed by atoms with E-state index in [2.05, 4.69) is 17.6 Å². The monoisotopic (exact) mass is 310 g/mol. The fourth-order valence-corrected chi connectivity index (χ4v) is 3.17. The summed E-state index contributed by atoms with van der Waals surface area (Å²) in [6, 6.07) is 5.31. The molecule has 0 saturated carbocycles. The predicted octanol–water partition coefficient (Wildman–Crippen LogP) is 3.46. The second-order valence-electron chi connectivity index (χ2n) is 5.58. The molecule has 1 aromatic carbocycles. The number of hydrogen-bond acceptors (Lipinski definition) is 3. The van der Waals surface area contributed by atoms with Crippen molar-refractivity contribution in [2.75, 3.05) is 25.5 Å². The summed E-state index contributed by atoms with van der Waals surface area (Å²) >= 11 is 6.01. The van der Waals surface area contributed by atoms with E-state index < -0.39 is 0 Å². The van der Waals surface area contributed by atoms with Crippen LogP contribution in [0.25, 0.3) is 0 Å². The minimum atomic E-state index is -0.257. The standard InChI is InChI=1S/C16H23ClN2O2/c1-3-6-16(7-9-18-10-8-16)15(20)19-12-4-5-13(17)14(11-12)21-2/h4-5,11,18H,3,6-10H2,1-2H3,(H,19,20). The topological polar surface area (TPSA) is 50.4 Å². The van der Waals surface area contributed by atoms with Gasteiger partial charge in [-0.15, -0.1) is 0 Å². The number of benzene rings is 1. The average molecular weight is 311 g/mol. The minimum absolute atomic E-state index is 0.107. The Labute approximate surface area is 131 Å². The molecule has 0 spiro atoms. The molecule has 0 unspecified atom stereocenters. The zero-order valence-corrected chi connectivity index (χ0v) is 13.4. The van der Waals surface area contributed by atoms with Crippen molar-refractivity contribution in [1.82, 2.24) is 5.32 Å². The van der Waals surface area contributed by atoms with Gasteiger partial charge in [0.1, 0.15) is 5.75 Å². The lowest BCUT2D eigenvalue weighted by atomic mass is 9.74. The SMILES string of the molecule is CCCC1(C(=O)Nc2ccc(Cl)c(OC)c2)CCNCC1. The van der Waals surface area contributed by atoms with E-state index in [1.165, 1.54) is 0 Å². The number of piperidine rings is 1. The second kappa shape index (κ2) is 7.14. The Kier molecular flexibility index (Phi) is 5.48. The molecule has 2 N–H and O–H groups in total. The quantitative estimate of drug-likeness (QED) is 0.875. The van der Waals surface area contributed by atoms with Crippen molar-refractivity contribution >= 4 is 23.2 Å². The molecule has 116 valence electrons. The molecule has 4 nitrogen and oxygen atoms in total. The third-order valence-corrected chi connectivity index (χ3v) is 4.49. The smallest absolute Gasteiger partial charge is 0.230 e. The van der Waals surface area contributed by atoms with Crippen LogP contribution >= 0.6 is 11.6 Å². The fraction of sp³-hybridized carbons (Fsp3) is 0.562. The molecule has 0 aromatic heterocycles. The van der Waals surface area contributed by atoms with Crippen LogP contribution in [0.15, 0.2) is 18.2 Å². The summed E-state index contributed by atoms with van der Waals surface area (Å²) in [5.41, 5.74) is 0.475. The number of methoxy groups -OCH3 is 1. The van der Waals surface area contributed by atoms with Gasteiger partial charge in [0.2, 0.25) is 5.91 Å². The first-order chi connectivity index (χ1) is 10.1. The van der Waals surface area contributed by atoms with E-state index in [1.807, 2.05) is 6.07 Å². The third-order valence-electron chi connectivity index (χ3n) is 4.18. The molecule has 21 heavy (non-hydrogen) atoms. The van der Waals surface area contributed by atoms with E-state index in [0.29, 0.717) is 10.8 Å². The van der Waals surface area contributed by atoms with Gasteiger partial charge in [0.25, 0.3) is 0 Å². The molecule has 0 aliphatic carbocycles. The van der Waals surface area contributed by atoms with Crippen molar-refractivity contribution in [1.29, 1.82) is 0 Å². The number of halogens is 1. The normalized spacial score (nSPS) is 17.3. The van der Waals surface area contributed by atoms with Crippen molar-refractivity contribution < 1.29 is 9.53 Å². The van der Waals surface area contributed by atoms with Crippen molar-refractivity contribution in [3.05, 3.63) is 23.2 Å². The number of carbonyl (C=O) groups is 1. The Morgan fingerprint density at radius 1 is 1.43 bits per heavy atom. The van der Waals surface area contributed by atoms with Gasteiger partial charge < -0.3 is 15.4 Å². The zero-order valence-electron chi connectivity index (χ0n) is 12.7. The number of carbonyl (C=O) groups excluding carboxylic acids is 1. The van der Waals surface area contributed by atoms with Crippen LogP contribution in [-0.4, -0.2) is 26.1 Å². The van der Waals surface area contributed by atoms with E-state index in [-0.39, 0.29) is 11.3 Å². The van der Waals surface area contributed by atoms with Crippen LogP contribution in [0.4, 0.5) is 5.69 Å². The van der Waals surface area contributed by atoms with Gasteiger partial charge in [0, 0.05) is 11.8 Å². The number of amides is 1. The zero-order chi connectivity index (χ0) is 15.3. The van der Waals surface area contributed by atoms with E-state index in [1.54, 1.807) is 19.2 Å². The Hall–Kier alpha value is -1.26. The number of nitrogens with one attached hydrogen (secondary N) is 2. The van der Waals surface area contributed by atoms with Crippen LogP contribution in [0.1, 0.15) is 32.6 Å². The average Bonchev–Trinajstić information content (AvgIpc) is 2.50. The van der Waals surface area contributed by atoms with Gasteiger partial charge in [0.05, 0.1) is 17.5 Å². The van der Waals surface area contributed by atoms with E-state index in [9.17, 15) is 4.79 Å². The van der Waals surface area contributed by atoms with Gasteiger partial charge in [-0.05, 0) is 44.5 Å². The molecule has 0 atom stereocenters. The summed E-state index contributed by atoms with van der Waals surface area (Å²) in [5, 5.41) is 6.90. The second-order valence-corrected chi connectivity index (χ2v) is 5.99. The van der Waals surface area contributed by atoms with E-state index >= 15 is 0 Å². The van der Waals surface area contributed by atoms with Crippen molar-refractivity contribution in [3.8, 4) is 5.75 Å². The lowest BCUT2D eigenvalue weighted by Gasteiger charge is -2.36. The van der Waals surface area contributed by atoms with Crippen LogP contribution in [0.3, 0.4) is 0 Å². The highest BCUT2D eigenvalue weighted by molar-refractivity contribution is 6.32. The first kappa shape index (κ1) is 16.1. The van der Waals surface area contributed by atoms with Gasteiger partial charge in [-0.2, -0.15) is 0 Å². The molecule has 1 aliphatic heterocycles. The molecule has 1 aromatic rings. The number of hydrogen-bond donors (Lipinski definition) is 2. The molecule has 1 heterocycles. The maximum atomic E-state index is 12.8. The summed E-state index contributed by atoms with van der Waals surface area (Å²) in [6.45, 7) is 3.93. The van der Waals surface area contributed by atoms with Gasteiger partial charge in [-0.1, -0.05) is 24.9 Å². The first-order valence-electron chi connectivity index (χ1n) is 7.47. The molecule has 5 heteroatoms. The van der Waals surface area contributed by atoms with Crippen LogP contribution < -0.4 is 15.4 Å². The maximum absolute atomic E-state index is 12.8. The molecule has 1 saturated heterocycles. The van der Waals surface area contributed by atoms with Gasteiger partial charge in [0.15, 0.2) is 0 Å². The summed E-state index contributed by atoms with van der Waals surface area (Å²) in [5.74, 6) is 0.680. The summed E-state index contributed by atoms with van der Waals surface area (Å²) < 4.78 is 5.19. The maximum Gasteiger partial charge on any atom is 0.230 e. The molecule has 2 rings (SSSR count). The van der Waals surface area contributed by atoms with Crippen molar-refractivity contribution in [3.63, 3.8) is 0 Å². The van der Waals surface area contributed by atoms with Crippen molar-refractivity contribution in [2.45, 2.75) is 32.6 Å². The summed E-state index contributed by atoms with van der Waals surface area (Å²) in [6.07, 6.45) is 3.71. The number of ether oxygens (including phenoxy) is 1. The van der Waals surface area contributed by atoms with Gasteiger partial charge in [-0.3, -0.25) is 4.79 Å². The first-order valence-corrected chi connectivity index (χ1v) is 7.85. The molecule has 0 radical (unpaired) electrons. The lowest BCUT2D eigenvalue weighted by Crippen LogP contribution is -2.44. The number of rotatable bonds is 5. The minimum Gasteiger partial charge on any atom is -0.495 e. The Morgan fingerprint density at radius 2 is 2.14 bits per heavy atom. The Balaban J connectivity index is 2.15. The fourth-order valence-electron chi connectivity index (χ4n) is 2.98. The van der Waals surface area contributed by atoms with Crippen LogP contribution in [0.2, 0.25) is 5.02 Å². The van der Waals surface area contributed by atoms with E-state index in [4.69, 9.17) is 16.3 Å². The van der Waals surface area contributed by atoms with Crippen LogP contribution in [0.5, 0.6) is 5.75 Å². The van der Waals surface area contributed by atoms with Crippen molar-refractivity contribution in [2.24, 2.45) is 5.41 Å². The molecule has 1 amide bonds. The Bertz CT molecular complexity index is 494. The predicted molar refractivity (Wildman–Crippen MR) is 86.1 cm³/mol.